The van der Waals surface area contributed by atoms with Gasteiger partial charge in [-0.3, -0.25) is 0 Å². The van der Waals surface area contributed by atoms with E-state index < -0.39 is 0 Å². The number of fused-ring (bicyclic) bond motifs is 1. The van der Waals surface area contributed by atoms with Crippen LogP contribution in [-0.2, 0) is 0 Å². The summed E-state index contributed by atoms with van der Waals surface area (Å²) in [6, 6.07) is 0. The highest BCUT2D eigenvalue weighted by molar-refractivity contribution is 5.09. The summed E-state index contributed by atoms with van der Waals surface area (Å²) >= 11 is 0. The Hall–Kier alpha value is 0. The van der Waals surface area contributed by atoms with E-state index in [1.54, 1.807) is 103 Å². The Balaban J connectivity index is 1.69. The van der Waals surface area contributed by atoms with Gasteiger partial charge in [0.1, 0.15) is 0 Å². The predicted octanol–water partition coefficient (Wildman–Crippen LogP) is 7.27. The van der Waals surface area contributed by atoms with Gasteiger partial charge in [-0.15, -0.1) is 0 Å². The highest BCUT2D eigenvalue weighted by atomic mass is 14.6. The molecule has 0 heteroatoms. The van der Waals surface area contributed by atoms with Crippen LogP contribution in [0.1, 0.15) is 116 Å². The molecule has 0 radical (unpaired) electrons. The monoisotopic (exact) mass is 302 g/mol. The fourth-order valence-electron chi connectivity index (χ4n) is 7.95. The summed E-state index contributed by atoms with van der Waals surface area (Å²) in [4.78, 5) is 0. The Morgan fingerprint density at radius 1 is 0.364 bits per heavy atom. The molecule has 0 heterocycles. The average Bonchev–Trinajstić information content (AvgIpc) is 2.63. The maximum absolute atomic E-state index is 1.62. The van der Waals surface area contributed by atoms with Crippen molar-refractivity contribution in [3.63, 3.8) is 0 Å². The third kappa shape index (κ3) is 2.39. The van der Waals surface area contributed by atoms with Crippen molar-refractivity contribution in [2.24, 2.45) is 22.7 Å². The normalized spacial score (nSPS) is 42.0. The van der Waals surface area contributed by atoms with Crippen molar-refractivity contribution in [1.82, 2.24) is 0 Å². The molecule has 0 spiro atoms. The minimum atomic E-state index is 0.798. The highest BCUT2D eigenvalue weighted by Crippen LogP contribution is 2.69. The van der Waals surface area contributed by atoms with Gasteiger partial charge in [-0.05, 0) is 74.0 Å². The molecule has 0 nitrogen and oxygen atoms in total. The summed E-state index contributed by atoms with van der Waals surface area (Å²) < 4.78 is 0. The first kappa shape index (κ1) is 15.5. The van der Waals surface area contributed by atoms with Crippen molar-refractivity contribution < 1.29 is 0 Å². The maximum Gasteiger partial charge on any atom is -0.0210 e. The van der Waals surface area contributed by atoms with Crippen LogP contribution in [0.25, 0.3) is 0 Å². The fraction of sp³-hybridized carbons (Fsp3) is 1.00. The van der Waals surface area contributed by atoms with Crippen LogP contribution >= 0.6 is 0 Å². The van der Waals surface area contributed by atoms with Gasteiger partial charge in [0.25, 0.3) is 0 Å². The molecule has 0 amide bonds. The molecule has 4 saturated carbocycles. The van der Waals surface area contributed by atoms with Crippen molar-refractivity contribution in [2.75, 3.05) is 0 Å². The standard InChI is InChI=1S/C22H38/c1-3-11-19(12-4-1)21-15-7-9-17-22(21,18-10-8-16-21)20-13-5-2-6-14-20/h19-20H,1-18H2. The molecule has 0 saturated heterocycles. The molecule has 0 aromatic carbocycles. The lowest BCUT2D eigenvalue weighted by Crippen LogP contribution is -2.55. The minimum Gasteiger partial charge on any atom is -0.0533 e. The summed E-state index contributed by atoms with van der Waals surface area (Å²) in [6.45, 7) is 0. The van der Waals surface area contributed by atoms with E-state index in [0.29, 0.717) is 0 Å². The molecule has 0 aromatic rings. The molecule has 4 fully saturated rings. The minimum absolute atomic E-state index is 0.798. The molecule has 0 aromatic heterocycles. The van der Waals surface area contributed by atoms with Gasteiger partial charge in [0.2, 0.25) is 0 Å². The van der Waals surface area contributed by atoms with Crippen LogP contribution in [0, 0.1) is 22.7 Å². The van der Waals surface area contributed by atoms with Crippen molar-refractivity contribution in [1.29, 1.82) is 0 Å². The van der Waals surface area contributed by atoms with Crippen LogP contribution in [0.15, 0.2) is 0 Å². The largest absolute Gasteiger partial charge is 0.0533 e. The third-order valence-electron chi connectivity index (χ3n) is 8.76. The first-order valence-electron chi connectivity index (χ1n) is 10.9. The zero-order chi connectivity index (χ0) is 14.9. The van der Waals surface area contributed by atoms with E-state index in [4.69, 9.17) is 0 Å². The molecule has 22 heavy (non-hydrogen) atoms. The molecule has 0 atom stereocenters. The van der Waals surface area contributed by atoms with Crippen molar-refractivity contribution in [3.8, 4) is 0 Å². The Labute approximate surface area is 138 Å². The molecular formula is C22H38. The average molecular weight is 303 g/mol. The lowest BCUT2D eigenvalue weighted by molar-refractivity contribution is -0.149. The molecule has 4 rings (SSSR count). The summed E-state index contributed by atoms with van der Waals surface area (Å²) in [6.07, 6.45) is 28.3. The second-order valence-electron chi connectivity index (χ2n) is 9.40. The van der Waals surface area contributed by atoms with Crippen LogP contribution in [0.4, 0.5) is 0 Å². The number of hydrogen-bond donors (Lipinski definition) is 0. The third-order valence-corrected chi connectivity index (χ3v) is 8.76. The van der Waals surface area contributed by atoms with Gasteiger partial charge >= 0.3 is 0 Å². The quantitative estimate of drug-likeness (QED) is 0.503. The maximum atomic E-state index is 1.62. The van der Waals surface area contributed by atoms with E-state index in [0.717, 1.165) is 22.7 Å². The van der Waals surface area contributed by atoms with Gasteiger partial charge in [-0.2, -0.15) is 0 Å². The molecule has 4 aliphatic rings. The topological polar surface area (TPSA) is 0 Å². The zero-order valence-corrected chi connectivity index (χ0v) is 14.9. The molecule has 4 aliphatic carbocycles. The van der Waals surface area contributed by atoms with E-state index in [-0.39, 0.29) is 0 Å². The van der Waals surface area contributed by atoms with E-state index in [9.17, 15) is 0 Å². The Kier molecular flexibility index (Phi) is 4.57. The van der Waals surface area contributed by atoms with Gasteiger partial charge in [-0.1, -0.05) is 64.2 Å². The highest BCUT2D eigenvalue weighted by Gasteiger charge is 2.59. The van der Waals surface area contributed by atoms with Crippen LogP contribution < -0.4 is 0 Å². The molecule has 0 N–H and O–H groups in total. The van der Waals surface area contributed by atoms with Crippen LogP contribution in [-0.4, -0.2) is 0 Å². The molecule has 126 valence electrons. The molecule has 0 unspecified atom stereocenters. The van der Waals surface area contributed by atoms with Crippen LogP contribution in [0.3, 0.4) is 0 Å². The van der Waals surface area contributed by atoms with Crippen molar-refractivity contribution in [2.45, 2.75) is 116 Å². The predicted molar refractivity (Wildman–Crippen MR) is 95.0 cm³/mol. The van der Waals surface area contributed by atoms with Crippen molar-refractivity contribution >= 4 is 0 Å². The van der Waals surface area contributed by atoms with E-state index in [1.807, 2.05) is 0 Å². The Bertz CT molecular complexity index is 308. The van der Waals surface area contributed by atoms with E-state index in [1.165, 1.54) is 12.8 Å². The van der Waals surface area contributed by atoms with E-state index in [2.05, 4.69) is 0 Å². The SMILES string of the molecule is C1CCC(C23CCCCC2(C2CCCCC2)CCCC3)CC1. The van der Waals surface area contributed by atoms with Gasteiger partial charge < -0.3 is 0 Å². The Morgan fingerprint density at radius 2 is 0.682 bits per heavy atom. The Morgan fingerprint density at radius 3 is 1.00 bits per heavy atom. The van der Waals surface area contributed by atoms with Gasteiger partial charge in [-0.25, -0.2) is 0 Å². The molecule has 0 aliphatic heterocycles. The second kappa shape index (κ2) is 6.48. The smallest absolute Gasteiger partial charge is 0.0210 e. The summed E-state index contributed by atoms with van der Waals surface area (Å²) in [5.41, 5.74) is 1.60. The van der Waals surface area contributed by atoms with Crippen LogP contribution in [0.5, 0.6) is 0 Å². The number of rotatable bonds is 2. The molecule has 0 bridgehead atoms. The lowest BCUT2D eigenvalue weighted by Gasteiger charge is -2.65. The zero-order valence-electron chi connectivity index (χ0n) is 14.9. The van der Waals surface area contributed by atoms with E-state index >= 15 is 0 Å². The fourth-order valence-corrected chi connectivity index (χ4v) is 7.95. The summed E-state index contributed by atoms with van der Waals surface area (Å²) in [7, 11) is 0. The van der Waals surface area contributed by atoms with Gasteiger partial charge in [0, 0.05) is 0 Å². The van der Waals surface area contributed by atoms with Gasteiger partial charge in [0.15, 0.2) is 0 Å². The van der Waals surface area contributed by atoms with Gasteiger partial charge in [0.05, 0.1) is 0 Å². The second-order valence-corrected chi connectivity index (χ2v) is 9.40. The first-order valence-corrected chi connectivity index (χ1v) is 10.9. The summed E-state index contributed by atoms with van der Waals surface area (Å²) in [5, 5.41) is 0. The first-order chi connectivity index (χ1) is 10.9. The molecular weight excluding hydrogens is 264 g/mol. The van der Waals surface area contributed by atoms with Crippen molar-refractivity contribution in [3.05, 3.63) is 0 Å². The lowest BCUT2D eigenvalue weighted by atomic mass is 9.40. The van der Waals surface area contributed by atoms with Crippen LogP contribution in [0.2, 0.25) is 0 Å². The summed E-state index contributed by atoms with van der Waals surface area (Å²) in [5.74, 6) is 2.23. The number of hydrogen-bond acceptors (Lipinski definition) is 0.